The first-order valence-electron chi connectivity index (χ1n) is 12.0. The predicted octanol–water partition coefficient (Wildman–Crippen LogP) is 4.06. The Morgan fingerprint density at radius 3 is 2.59 bits per heavy atom. The monoisotopic (exact) mass is 440 g/mol. The molecule has 1 aromatic rings. The third-order valence-electron chi connectivity index (χ3n) is 7.30. The number of piperidine rings is 1. The maximum Gasteiger partial charge on any atom is 0.410 e. The fraction of sp³-hybridized carbons (Fsp3) is 0.654. The Morgan fingerprint density at radius 2 is 1.91 bits per heavy atom. The van der Waals surface area contributed by atoms with Crippen LogP contribution in [0.15, 0.2) is 30.3 Å². The van der Waals surface area contributed by atoms with Gasteiger partial charge in [-0.1, -0.05) is 30.3 Å². The van der Waals surface area contributed by atoms with E-state index in [9.17, 15) is 4.79 Å². The fourth-order valence-electron chi connectivity index (χ4n) is 5.68. The highest BCUT2D eigenvalue weighted by atomic mass is 16.6. The molecule has 0 aliphatic carbocycles. The number of hydrogen-bond acceptors (Lipinski definition) is 5. The molecule has 0 unspecified atom stereocenters. The number of carbonyl (C=O) groups excluding carboxylic acids is 1. The van der Waals surface area contributed by atoms with E-state index in [4.69, 9.17) is 14.2 Å². The summed E-state index contributed by atoms with van der Waals surface area (Å²) in [4.78, 5) is 16.7. The van der Waals surface area contributed by atoms with Gasteiger partial charge in [0.1, 0.15) is 11.2 Å². The van der Waals surface area contributed by atoms with Crippen LogP contribution in [0, 0.1) is 0 Å². The molecule has 0 radical (unpaired) electrons. The topological polar surface area (TPSA) is 51.2 Å². The molecule has 6 nitrogen and oxygen atoms in total. The zero-order valence-corrected chi connectivity index (χ0v) is 19.6. The quantitative estimate of drug-likeness (QED) is 0.710. The van der Waals surface area contributed by atoms with Crippen molar-refractivity contribution in [3.63, 3.8) is 0 Å². The summed E-state index contributed by atoms with van der Waals surface area (Å²) < 4.78 is 17.3. The predicted molar refractivity (Wildman–Crippen MR) is 124 cm³/mol. The third-order valence-corrected chi connectivity index (χ3v) is 7.30. The second kappa shape index (κ2) is 8.47. The number of nitrogens with zero attached hydrogens (tertiary/aromatic N) is 2. The summed E-state index contributed by atoms with van der Waals surface area (Å²) >= 11 is 0. The first kappa shape index (κ1) is 21.9. The largest absolute Gasteiger partial charge is 0.444 e. The van der Waals surface area contributed by atoms with E-state index in [1.54, 1.807) is 4.90 Å². The van der Waals surface area contributed by atoms with Gasteiger partial charge in [0, 0.05) is 6.04 Å². The molecular weight excluding hydrogens is 404 g/mol. The van der Waals surface area contributed by atoms with Gasteiger partial charge in [-0.2, -0.15) is 0 Å². The van der Waals surface area contributed by atoms with Crippen molar-refractivity contribution in [3.8, 4) is 0 Å². The number of likely N-dealkylation sites (tertiary alicyclic amines) is 2. The number of carbonyl (C=O) groups is 1. The van der Waals surface area contributed by atoms with Crippen molar-refractivity contribution >= 4 is 11.7 Å². The lowest BCUT2D eigenvalue weighted by atomic mass is 9.83. The van der Waals surface area contributed by atoms with Crippen LogP contribution in [0.2, 0.25) is 0 Å². The highest BCUT2D eigenvalue weighted by molar-refractivity contribution is 5.71. The molecule has 1 amide bonds. The minimum Gasteiger partial charge on any atom is -0.444 e. The molecule has 4 aliphatic heterocycles. The Labute approximate surface area is 191 Å². The van der Waals surface area contributed by atoms with Crippen LogP contribution in [0.5, 0.6) is 0 Å². The summed E-state index contributed by atoms with van der Waals surface area (Å²) in [6, 6.07) is 9.33. The summed E-state index contributed by atoms with van der Waals surface area (Å²) in [5, 5.41) is 0. The molecule has 0 N–H and O–H groups in total. The number of ether oxygens (including phenoxy) is 3. The molecule has 6 heteroatoms. The van der Waals surface area contributed by atoms with Crippen molar-refractivity contribution in [1.29, 1.82) is 0 Å². The summed E-state index contributed by atoms with van der Waals surface area (Å²) in [5.41, 5.74) is 3.58. The maximum absolute atomic E-state index is 12.3. The molecule has 5 rings (SSSR count). The lowest BCUT2D eigenvalue weighted by molar-refractivity contribution is -0.109. The van der Waals surface area contributed by atoms with Gasteiger partial charge in [0.2, 0.25) is 0 Å². The Hall–Kier alpha value is -1.89. The molecule has 0 bridgehead atoms. The van der Waals surface area contributed by atoms with Crippen molar-refractivity contribution in [3.05, 3.63) is 41.5 Å². The second-order valence-electron chi connectivity index (χ2n) is 10.8. The minimum absolute atomic E-state index is 0.167. The normalized spacial score (nSPS) is 26.3. The molecule has 1 spiro atoms. The average Bonchev–Trinajstić information content (AvgIpc) is 3.42. The van der Waals surface area contributed by atoms with Crippen molar-refractivity contribution in [2.24, 2.45) is 0 Å². The van der Waals surface area contributed by atoms with Crippen LogP contribution in [0.4, 0.5) is 4.79 Å². The average molecular weight is 441 g/mol. The van der Waals surface area contributed by atoms with Crippen LogP contribution in [-0.4, -0.2) is 79.1 Å². The van der Waals surface area contributed by atoms with Crippen LogP contribution in [0.3, 0.4) is 0 Å². The Kier molecular flexibility index (Phi) is 5.81. The van der Waals surface area contributed by atoms with Gasteiger partial charge in [-0.25, -0.2) is 4.79 Å². The highest BCUT2D eigenvalue weighted by Crippen LogP contribution is 2.40. The van der Waals surface area contributed by atoms with Crippen LogP contribution >= 0.6 is 0 Å². The van der Waals surface area contributed by atoms with Gasteiger partial charge < -0.3 is 19.1 Å². The molecule has 1 aromatic carbocycles. The standard InChI is InChI=1S/C26H36N2O4/c1-25(2,3)32-24(29)28-17-26(18-28)14-21(16-31-26)27-11-8-19(9-12-27)22-6-4-5-7-23(22)20-10-13-30-15-20/h4-7,10,19,21H,8-9,11-18H2,1-3H3/t21-/m0/s1. The van der Waals surface area contributed by atoms with Crippen molar-refractivity contribution in [2.45, 2.75) is 63.2 Å². The highest BCUT2D eigenvalue weighted by Gasteiger charge is 2.53. The lowest BCUT2D eigenvalue weighted by Gasteiger charge is -2.47. The summed E-state index contributed by atoms with van der Waals surface area (Å²) in [7, 11) is 0. The third kappa shape index (κ3) is 4.45. The van der Waals surface area contributed by atoms with Gasteiger partial charge in [0.05, 0.1) is 32.9 Å². The van der Waals surface area contributed by atoms with E-state index >= 15 is 0 Å². The molecular formula is C26H36N2O4. The van der Waals surface area contributed by atoms with Gasteiger partial charge >= 0.3 is 6.09 Å². The van der Waals surface area contributed by atoms with Gasteiger partial charge in [-0.05, 0) is 75.7 Å². The smallest absolute Gasteiger partial charge is 0.410 e. The van der Waals surface area contributed by atoms with E-state index in [1.165, 1.54) is 29.5 Å². The number of benzene rings is 1. The van der Waals surface area contributed by atoms with E-state index < -0.39 is 5.60 Å². The summed E-state index contributed by atoms with van der Waals surface area (Å²) in [6.45, 7) is 11.5. The SMILES string of the molecule is CC(C)(C)OC(=O)N1CC2(C[C@H](N3CCC(c4ccccc4C4=CCOC4)CC3)CO2)C1. The lowest BCUT2D eigenvalue weighted by Crippen LogP contribution is -2.64. The first-order chi connectivity index (χ1) is 15.3. The second-order valence-corrected chi connectivity index (χ2v) is 10.8. The van der Waals surface area contributed by atoms with Gasteiger partial charge in [-0.15, -0.1) is 0 Å². The molecule has 32 heavy (non-hydrogen) atoms. The van der Waals surface area contributed by atoms with Crippen molar-refractivity contribution in [1.82, 2.24) is 9.80 Å². The van der Waals surface area contributed by atoms with Crippen LogP contribution < -0.4 is 0 Å². The Balaban J connectivity index is 1.14. The van der Waals surface area contributed by atoms with Crippen LogP contribution in [0.1, 0.15) is 57.1 Å². The maximum atomic E-state index is 12.3. The van der Waals surface area contributed by atoms with Gasteiger partial charge in [0.15, 0.2) is 0 Å². The summed E-state index contributed by atoms with van der Waals surface area (Å²) in [5.74, 6) is 0.603. The van der Waals surface area contributed by atoms with Crippen molar-refractivity contribution < 1.29 is 19.0 Å². The molecule has 3 fully saturated rings. The fourth-order valence-corrected chi connectivity index (χ4v) is 5.68. The van der Waals surface area contributed by atoms with Crippen molar-refractivity contribution in [2.75, 3.05) is 46.0 Å². The zero-order valence-electron chi connectivity index (χ0n) is 19.6. The van der Waals surface area contributed by atoms with Gasteiger partial charge in [-0.3, -0.25) is 4.90 Å². The number of rotatable bonds is 3. The minimum atomic E-state index is -0.455. The van der Waals surface area contributed by atoms with E-state index in [0.29, 0.717) is 25.0 Å². The van der Waals surface area contributed by atoms with Crippen LogP contribution in [0.25, 0.3) is 5.57 Å². The Bertz CT molecular complexity index is 876. The summed E-state index contributed by atoms with van der Waals surface area (Å²) in [6.07, 6.45) is 5.37. The van der Waals surface area contributed by atoms with Gasteiger partial charge in [0.25, 0.3) is 0 Å². The Morgan fingerprint density at radius 1 is 1.16 bits per heavy atom. The van der Waals surface area contributed by atoms with Crippen LogP contribution in [-0.2, 0) is 14.2 Å². The molecule has 4 aliphatic rings. The van der Waals surface area contributed by atoms with E-state index in [2.05, 4.69) is 35.2 Å². The number of amides is 1. The number of hydrogen-bond donors (Lipinski definition) is 0. The molecule has 1 atom stereocenters. The molecule has 4 heterocycles. The first-order valence-corrected chi connectivity index (χ1v) is 12.0. The molecule has 3 saturated heterocycles. The zero-order chi connectivity index (χ0) is 22.3. The molecule has 174 valence electrons. The van der Waals surface area contributed by atoms with E-state index in [1.807, 2.05) is 20.8 Å². The van der Waals surface area contributed by atoms with E-state index in [0.717, 1.165) is 39.3 Å². The molecule has 0 saturated carbocycles. The molecule has 0 aromatic heterocycles. The van der Waals surface area contributed by atoms with E-state index in [-0.39, 0.29) is 11.7 Å².